The molecule has 5 nitrogen and oxygen atoms in total. The Hall–Kier alpha value is -1.36. The smallest absolute Gasteiger partial charge is 0.134 e. The van der Waals surface area contributed by atoms with Crippen LogP contribution in [0.15, 0.2) is 6.33 Å². The van der Waals surface area contributed by atoms with Gasteiger partial charge in [0.05, 0.1) is 6.61 Å². The van der Waals surface area contributed by atoms with Crippen LogP contribution in [0.1, 0.15) is 19.4 Å². The summed E-state index contributed by atoms with van der Waals surface area (Å²) in [4.78, 5) is 8.46. The van der Waals surface area contributed by atoms with Crippen LogP contribution in [-0.2, 0) is 4.74 Å². The zero-order valence-electron chi connectivity index (χ0n) is 11.1. The Labute approximate surface area is 103 Å². The Morgan fingerprint density at radius 2 is 1.94 bits per heavy atom. The first kappa shape index (κ1) is 13.7. The summed E-state index contributed by atoms with van der Waals surface area (Å²) in [6, 6.07) is 0. The lowest BCUT2D eigenvalue weighted by molar-refractivity contribution is 0.164. The van der Waals surface area contributed by atoms with Crippen molar-refractivity contribution >= 4 is 11.6 Å². The molecule has 0 amide bonds. The molecule has 1 aromatic rings. The lowest BCUT2D eigenvalue weighted by Gasteiger charge is -2.15. The van der Waals surface area contributed by atoms with Crippen molar-refractivity contribution in [2.75, 3.05) is 37.4 Å². The minimum atomic E-state index is 0.456. The molecule has 96 valence electrons. The van der Waals surface area contributed by atoms with Crippen LogP contribution in [0.4, 0.5) is 11.6 Å². The average molecular weight is 238 g/mol. The van der Waals surface area contributed by atoms with Crippen LogP contribution in [0.25, 0.3) is 0 Å². The van der Waals surface area contributed by atoms with E-state index in [0.717, 1.165) is 36.9 Å². The highest BCUT2D eigenvalue weighted by Gasteiger charge is 2.07. The topological polar surface area (TPSA) is 59.1 Å². The minimum Gasteiger partial charge on any atom is -0.384 e. The molecule has 1 rings (SSSR count). The molecule has 0 saturated heterocycles. The Kier molecular flexibility index (Phi) is 5.69. The van der Waals surface area contributed by atoms with Crippen molar-refractivity contribution in [3.8, 4) is 0 Å². The number of anilines is 2. The summed E-state index contributed by atoms with van der Waals surface area (Å²) in [5, 5.41) is 6.54. The van der Waals surface area contributed by atoms with Crippen LogP contribution >= 0.6 is 0 Å². The number of methoxy groups -OCH3 is 1. The van der Waals surface area contributed by atoms with Gasteiger partial charge in [0.25, 0.3) is 0 Å². The maximum atomic E-state index is 5.10. The van der Waals surface area contributed by atoms with Gasteiger partial charge in [0.2, 0.25) is 0 Å². The summed E-state index contributed by atoms with van der Waals surface area (Å²) in [6.07, 6.45) is 1.58. The standard InChI is InChI=1S/C12H22N4O/c1-5-13-11-10(3)12(16-8-15-11)14-6-9(2)7-17-4/h8-9H,5-7H2,1-4H3,(H2,13,14,15,16). The zero-order valence-corrected chi connectivity index (χ0v) is 11.1. The van der Waals surface area contributed by atoms with Gasteiger partial charge in [-0.25, -0.2) is 9.97 Å². The molecule has 17 heavy (non-hydrogen) atoms. The summed E-state index contributed by atoms with van der Waals surface area (Å²) in [7, 11) is 1.72. The van der Waals surface area contributed by atoms with Gasteiger partial charge in [-0.05, 0) is 19.8 Å². The van der Waals surface area contributed by atoms with Gasteiger partial charge < -0.3 is 15.4 Å². The molecule has 1 atom stereocenters. The normalized spacial score (nSPS) is 12.2. The Balaban J connectivity index is 2.61. The van der Waals surface area contributed by atoms with Crippen molar-refractivity contribution in [2.45, 2.75) is 20.8 Å². The third-order valence-electron chi connectivity index (χ3n) is 2.50. The average Bonchev–Trinajstić information content (AvgIpc) is 2.31. The lowest BCUT2D eigenvalue weighted by atomic mass is 10.2. The number of hydrogen-bond donors (Lipinski definition) is 2. The SMILES string of the molecule is CCNc1ncnc(NCC(C)COC)c1C. The Morgan fingerprint density at radius 3 is 2.53 bits per heavy atom. The Morgan fingerprint density at radius 1 is 1.29 bits per heavy atom. The van der Waals surface area contributed by atoms with E-state index in [0.29, 0.717) is 5.92 Å². The molecule has 0 aromatic carbocycles. The third kappa shape index (κ3) is 4.19. The van der Waals surface area contributed by atoms with Crippen molar-refractivity contribution in [3.05, 3.63) is 11.9 Å². The van der Waals surface area contributed by atoms with Gasteiger partial charge in [0.15, 0.2) is 0 Å². The second-order valence-electron chi connectivity index (χ2n) is 4.17. The first-order chi connectivity index (χ1) is 8.19. The lowest BCUT2D eigenvalue weighted by Crippen LogP contribution is -2.17. The van der Waals surface area contributed by atoms with Gasteiger partial charge in [0, 0.05) is 25.8 Å². The van der Waals surface area contributed by atoms with Crippen molar-refractivity contribution < 1.29 is 4.74 Å². The predicted molar refractivity (Wildman–Crippen MR) is 70.5 cm³/mol. The molecule has 0 spiro atoms. The van der Waals surface area contributed by atoms with Crippen LogP contribution in [0.5, 0.6) is 0 Å². The van der Waals surface area contributed by atoms with Crippen LogP contribution in [0, 0.1) is 12.8 Å². The number of ether oxygens (including phenoxy) is 1. The third-order valence-corrected chi connectivity index (χ3v) is 2.50. The van der Waals surface area contributed by atoms with E-state index in [1.165, 1.54) is 0 Å². The number of rotatable bonds is 7. The van der Waals surface area contributed by atoms with E-state index in [4.69, 9.17) is 4.74 Å². The molecule has 5 heteroatoms. The quantitative estimate of drug-likeness (QED) is 0.760. The number of nitrogens with zero attached hydrogens (tertiary/aromatic N) is 2. The molecule has 0 saturated carbocycles. The first-order valence-electron chi connectivity index (χ1n) is 5.97. The number of hydrogen-bond acceptors (Lipinski definition) is 5. The molecule has 0 radical (unpaired) electrons. The molecule has 0 fully saturated rings. The Bertz CT molecular complexity index is 343. The summed E-state index contributed by atoms with van der Waals surface area (Å²) >= 11 is 0. The van der Waals surface area contributed by atoms with Crippen molar-refractivity contribution in [1.82, 2.24) is 9.97 Å². The fraction of sp³-hybridized carbons (Fsp3) is 0.667. The monoisotopic (exact) mass is 238 g/mol. The molecule has 0 aliphatic heterocycles. The maximum Gasteiger partial charge on any atom is 0.134 e. The molecular formula is C12H22N4O. The van der Waals surface area contributed by atoms with Gasteiger partial charge in [-0.15, -0.1) is 0 Å². The highest BCUT2D eigenvalue weighted by Crippen LogP contribution is 2.18. The van der Waals surface area contributed by atoms with E-state index >= 15 is 0 Å². The summed E-state index contributed by atoms with van der Waals surface area (Å²) < 4.78 is 5.10. The van der Waals surface area contributed by atoms with Crippen molar-refractivity contribution in [2.24, 2.45) is 5.92 Å². The fourth-order valence-corrected chi connectivity index (χ4v) is 1.59. The predicted octanol–water partition coefficient (Wildman–Crippen LogP) is 1.91. The maximum absolute atomic E-state index is 5.10. The minimum absolute atomic E-state index is 0.456. The van der Waals surface area contributed by atoms with Crippen molar-refractivity contribution in [3.63, 3.8) is 0 Å². The van der Waals surface area contributed by atoms with Gasteiger partial charge >= 0.3 is 0 Å². The first-order valence-corrected chi connectivity index (χ1v) is 5.97. The van der Waals surface area contributed by atoms with E-state index in [1.807, 2.05) is 6.92 Å². The van der Waals surface area contributed by atoms with Crippen LogP contribution in [0.2, 0.25) is 0 Å². The van der Waals surface area contributed by atoms with Gasteiger partial charge in [0.1, 0.15) is 18.0 Å². The largest absolute Gasteiger partial charge is 0.384 e. The molecule has 0 aliphatic carbocycles. The molecule has 0 aliphatic rings. The summed E-state index contributed by atoms with van der Waals surface area (Å²) in [5.41, 5.74) is 1.05. The van der Waals surface area contributed by atoms with Gasteiger partial charge in [-0.2, -0.15) is 0 Å². The van der Waals surface area contributed by atoms with E-state index in [2.05, 4.69) is 34.4 Å². The number of nitrogens with one attached hydrogen (secondary N) is 2. The molecule has 1 unspecified atom stereocenters. The summed E-state index contributed by atoms with van der Waals surface area (Å²) in [5.74, 6) is 2.24. The van der Waals surface area contributed by atoms with Crippen molar-refractivity contribution in [1.29, 1.82) is 0 Å². The second kappa shape index (κ2) is 7.06. The summed E-state index contributed by atoms with van der Waals surface area (Å²) in [6.45, 7) is 8.65. The molecule has 1 aromatic heterocycles. The second-order valence-corrected chi connectivity index (χ2v) is 4.17. The van der Waals surface area contributed by atoms with Gasteiger partial charge in [-0.1, -0.05) is 6.92 Å². The zero-order chi connectivity index (χ0) is 12.7. The molecular weight excluding hydrogens is 216 g/mol. The van der Waals surface area contributed by atoms with Crippen LogP contribution in [0.3, 0.4) is 0 Å². The molecule has 1 heterocycles. The highest BCUT2D eigenvalue weighted by molar-refractivity contribution is 5.56. The van der Waals surface area contributed by atoms with Crippen LogP contribution < -0.4 is 10.6 Å². The van der Waals surface area contributed by atoms with Gasteiger partial charge in [-0.3, -0.25) is 0 Å². The van der Waals surface area contributed by atoms with E-state index < -0.39 is 0 Å². The molecule has 0 bridgehead atoms. The fourth-order valence-electron chi connectivity index (χ4n) is 1.59. The number of aromatic nitrogens is 2. The van der Waals surface area contributed by atoms with E-state index in [9.17, 15) is 0 Å². The highest BCUT2D eigenvalue weighted by atomic mass is 16.5. The molecule has 2 N–H and O–H groups in total. The van der Waals surface area contributed by atoms with E-state index in [1.54, 1.807) is 13.4 Å². The van der Waals surface area contributed by atoms with E-state index in [-0.39, 0.29) is 0 Å². The van der Waals surface area contributed by atoms with Crippen LogP contribution in [-0.4, -0.2) is 36.8 Å².